The van der Waals surface area contributed by atoms with Gasteiger partial charge < -0.3 is 0 Å². The summed E-state index contributed by atoms with van der Waals surface area (Å²) in [6, 6.07) is 0. The molecular formula is C4H5N3O3. The van der Waals surface area contributed by atoms with E-state index in [0.717, 1.165) is 12.2 Å². The molecule has 54 valence electrons. The molecule has 0 radical (unpaired) electrons. The van der Waals surface area contributed by atoms with Gasteiger partial charge in [0.2, 0.25) is 0 Å². The quantitative estimate of drug-likeness (QED) is 0.352. The first-order valence-corrected chi connectivity index (χ1v) is 2.43. The van der Waals surface area contributed by atoms with Crippen molar-refractivity contribution in [3.05, 3.63) is 12.2 Å². The van der Waals surface area contributed by atoms with Crippen molar-refractivity contribution in [3.8, 4) is 0 Å². The van der Waals surface area contributed by atoms with E-state index in [1.54, 1.807) is 0 Å². The number of nitrogens with zero attached hydrogens (tertiary/aromatic N) is 1. The molecule has 0 saturated carbocycles. The van der Waals surface area contributed by atoms with Crippen LogP contribution >= 0.6 is 0 Å². The standard InChI is InChI=1S/C4H5N3O3/c5-10-6-7-3(8)1-2-4(7)9/h1-2,6H,5H2. The number of amides is 2. The molecule has 1 heterocycles. The second-order valence-corrected chi connectivity index (χ2v) is 1.55. The minimum Gasteiger partial charge on any atom is -0.268 e. The average molecular weight is 143 g/mol. The van der Waals surface area contributed by atoms with Gasteiger partial charge in [-0.3, -0.25) is 9.59 Å². The number of nitrogens with one attached hydrogen (secondary N) is 1. The molecule has 10 heavy (non-hydrogen) atoms. The first-order chi connectivity index (χ1) is 4.75. The zero-order valence-electron chi connectivity index (χ0n) is 4.90. The molecule has 1 rings (SSSR count). The van der Waals surface area contributed by atoms with Crippen LogP contribution in [0.4, 0.5) is 0 Å². The molecule has 0 spiro atoms. The fraction of sp³-hybridized carbons (Fsp3) is 0. The number of hydrogen-bond acceptors (Lipinski definition) is 5. The van der Waals surface area contributed by atoms with Crippen molar-refractivity contribution in [2.75, 3.05) is 0 Å². The van der Waals surface area contributed by atoms with E-state index < -0.39 is 11.8 Å². The highest BCUT2D eigenvalue weighted by Crippen LogP contribution is 1.97. The van der Waals surface area contributed by atoms with Crippen LogP contribution in [0.1, 0.15) is 0 Å². The van der Waals surface area contributed by atoms with Gasteiger partial charge in [-0.05, 0) is 0 Å². The molecule has 0 saturated heterocycles. The van der Waals surface area contributed by atoms with E-state index >= 15 is 0 Å². The highest BCUT2D eigenvalue weighted by atomic mass is 16.8. The van der Waals surface area contributed by atoms with E-state index in [1.165, 1.54) is 0 Å². The van der Waals surface area contributed by atoms with Crippen LogP contribution in [0.3, 0.4) is 0 Å². The first-order valence-electron chi connectivity index (χ1n) is 2.43. The zero-order valence-corrected chi connectivity index (χ0v) is 4.90. The van der Waals surface area contributed by atoms with Crippen molar-refractivity contribution in [3.63, 3.8) is 0 Å². The largest absolute Gasteiger partial charge is 0.270 e. The first kappa shape index (κ1) is 6.87. The number of imide groups is 1. The Kier molecular flexibility index (Phi) is 1.76. The normalized spacial score (nSPS) is 17.1. The Hall–Kier alpha value is -1.24. The van der Waals surface area contributed by atoms with Gasteiger partial charge >= 0.3 is 0 Å². The van der Waals surface area contributed by atoms with Crippen molar-refractivity contribution in [2.45, 2.75) is 0 Å². The Bertz CT molecular complexity index is 182. The van der Waals surface area contributed by atoms with Crippen LogP contribution in [0.5, 0.6) is 0 Å². The van der Waals surface area contributed by atoms with E-state index in [2.05, 4.69) is 10.8 Å². The van der Waals surface area contributed by atoms with Crippen LogP contribution in [0.15, 0.2) is 12.2 Å². The van der Waals surface area contributed by atoms with E-state index in [9.17, 15) is 9.59 Å². The molecule has 6 heteroatoms. The maximum atomic E-state index is 10.6. The third kappa shape index (κ3) is 1.03. The molecule has 1 aliphatic heterocycles. The molecule has 0 aromatic heterocycles. The number of carbonyl (C=O) groups is 2. The maximum absolute atomic E-state index is 10.6. The van der Waals surface area contributed by atoms with Gasteiger partial charge in [0.1, 0.15) is 0 Å². The highest BCUT2D eigenvalue weighted by molar-refractivity contribution is 6.12. The lowest BCUT2D eigenvalue weighted by Gasteiger charge is -2.10. The van der Waals surface area contributed by atoms with Crippen LogP contribution in [-0.2, 0) is 14.5 Å². The summed E-state index contributed by atoms with van der Waals surface area (Å²) in [6.45, 7) is 0. The second kappa shape index (κ2) is 2.56. The Morgan fingerprint density at radius 1 is 1.40 bits per heavy atom. The second-order valence-electron chi connectivity index (χ2n) is 1.55. The van der Waals surface area contributed by atoms with Crippen molar-refractivity contribution < 1.29 is 14.5 Å². The SMILES string of the molecule is NONN1C(=O)C=CC1=O. The minimum absolute atomic E-state index is 0.504. The van der Waals surface area contributed by atoms with E-state index in [0.29, 0.717) is 5.01 Å². The molecule has 0 fully saturated rings. The fourth-order valence-electron chi connectivity index (χ4n) is 0.543. The summed E-state index contributed by atoms with van der Waals surface area (Å²) in [5, 5.41) is 0.639. The molecule has 0 aliphatic carbocycles. The lowest BCUT2D eigenvalue weighted by molar-refractivity contribution is -0.158. The molecule has 0 bridgehead atoms. The summed E-state index contributed by atoms with van der Waals surface area (Å²) in [6.07, 6.45) is 2.21. The van der Waals surface area contributed by atoms with Crippen molar-refractivity contribution in [2.24, 2.45) is 5.90 Å². The molecule has 0 aromatic rings. The molecule has 1 aliphatic rings. The van der Waals surface area contributed by atoms with Crippen LogP contribution in [0.25, 0.3) is 0 Å². The predicted molar refractivity (Wildman–Crippen MR) is 29.4 cm³/mol. The lowest BCUT2D eigenvalue weighted by atomic mass is 10.6. The van der Waals surface area contributed by atoms with Crippen LogP contribution < -0.4 is 11.5 Å². The fourth-order valence-corrected chi connectivity index (χ4v) is 0.543. The summed E-state index contributed by atoms with van der Waals surface area (Å²) in [7, 11) is 0. The van der Waals surface area contributed by atoms with Gasteiger partial charge in [-0.25, -0.2) is 0 Å². The van der Waals surface area contributed by atoms with Crippen molar-refractivity contribution in [1.82, 2.24) is 10.6 Å². The summed E-state index contributed by atoms with van der Waals surface area (Å²) >= 11 is 0. The summed E-state index contributed by atoms with van der Waals surface area (Å²) in [5.41, 5.74) is 1.89. The van der Waals surface area contributed by atoms with Crippen LogP contribution in [-0.4, -0.2) is 16.8 Å². The number of rotatable bonds is 2. The summed E-state index contributed by atoms with van der Waals surface area (Å²) < 4.78 is 0. The molecule has 6 nitrogen and oxygen atoms in total. The lowest BCUT2D eigenvalue weighted by Crippen LogP contribution is -2.43. The Balaban J connectivity index is 2.60. The average Bonchev–Trinajstić information content (AvgIpc) is 2.20. The topological polar surface area (TPSA) is 84.7 Å². The van der Waals surface area contributed by atoms with Gasteiger partial charge in [0.05, 0.1) is 0 Å². The maximum Gasteiger partial charge on any atom is 0.270 e. The van der Waals surface area contributed by atoms with Crippen LogP contribution in [0, 0.1) is 0 Å². The van der Waals surface area contributed by atoms with E-state index in [1.807, 2.05) is 5.59 Å². The van der Waals surface area contributed by atoms with Gasteiger partial charge in [0.25, 0.3) is 11.8 Å². The van der Waals surface area contributed by atoms with Crippen molar-refractivity contribution >= 4 is 11.8 Å². The Labute approximate surface area is 56.1 Å². The predicted octanol–water partition coefficient (Wildman–Crippen LogP) is -1.78. The third-order valence-electron chi connectivity index (χ3n) is 0.953. The molecule has 0 unspecified atom stereocenters. The molecule has 2 amide bonds. The monoisotopic (exact) mass is 143 g/mol. The van der Waals surface area contributed by atoms with Gasteiger partial charge in [0, 0.05) is 12.2 Å². The summed E-state index contributed by atoms with van der Waals surface area (Å²) in [5.74, 6) is 3.54. The Morgan fingerprint density at radius 2 is 1.90 bits per heavy atom. The number of nitrogens with two attached hydrogens (primary N) is 1. The molecule has 0 aromatic carbocycles. The number of hydrazine groups is 1. The van der Waals surface area contributed by atoms with E-state index in [4.69, 9.17) is 0 Å². The smallest absolute Gasteiger partial charge is 0.268 e. The van der Waals surface area contributed by atoms with Crippen LogP contribution in [0.2, 0.25) is 0 Å². The van der Waals surface area contributed by atoms with Crippen molar-refractivity contribution in [1.29, 1.82) is 0 Å². The van der Waals surface area contributed by atoms with E-state index in [-0.39, 0.29) is 0 Å². The van der Waals surface area contributed by atoms with Gasteiger partial charge in [-0.1, -0.05) is 5.59 Å². The number of hydrogen-bond donors (Lipinski definition) is 2. The summed E-state index contributed by atoms with van der Waals surface area (Å²) in [4.78, 5) is 25.1. The molecule has 3 N–H and O–H groups in total. The number of carbonyl (C=O) groups excluding carboxylic acids is 2. The van der Waals surface area contributed by atoms with Gasteiger partial charge in [-0.2, -0.15) is 15.8 Å². The van der Waals surface area contributed by atoms with Gasteiger partial charge in [-0.15, -0.1) is 0 Å². The van der Waals surface area contributed by atoms with Gasteiger partial charge in [0.15, 0.2) is 0 Å². The Morgan fingerprint density at radius 3 is 2.30 bits per heavy atom. The zero-order chi connectivity index (χ0) is 7.56. The highest BCUT2D eigenvalue weighted by Gasteiger charge is 2.22. The molecular weight excluding hydrogens is 138 g/mol. The molecule has 0 atom stereocenters. The third-order valence-corrected chi connectivity index (χ3v) is 0.953. The minimum atomic E-state index is -0.504.